The summed E-state index contributed by atoms with van der Waals surface area (Å²) in [6.45, 7) is -3.25. The molecule has 1 aromatic heterocycles. The Hall–Kier alpha value is -2.65. The zero-order chi connectivity index (χ0) is 19.4. The fourth-order valence-electron chi connectivity index (χ4n) is 2.55. The summed E-state index contributed by atoms with van der Waals surface area (Å²) in [6, 6.07) is 17.4. The van der Waals surface area contributed by atoms with Crippen molar-refractivity contribution in [3.63, 3.8) is 0 Å². The van der Waals surface area contributed by atoms with E-state index in [4.69, 9.17) is 0 Å². The third-order valence-corrected chi connectivity index (χ3v) is 5.55. The number of halogens is 3. The van der Waals surface area contributed by atoms with Gasteiger partial charge in [0.2, 0.25) is 5.03 Å². The molecular formula is C18H16F3N3O2S. The second-order valence-corrected chi connectivity index (χ2v) is 7.64. The molecule has 2 aromatic carbocycles. The number of hydrogen-bond donors (Lipinski definition) is 0. The van der Waals surface area contributed by atoms with Crippen LogP contribution in [0.15, 0.2) is 71.9 Å². The van der Waals surface area contributed by atoms with Gasteiger partial charge in [0.1, 0.15) is 0 Å². The molecule has 0 unspecified atom stereocenters. The Labute approximate surface area is 154 Å². The van der Waals surface area contributed by atoms with E-state index in [1.165, 1.54) is 0 Å². The molecule has 0 atom stereocenters. The standard InChI is InChI=1S/C18H16F3N3O2S/c19-16-13-24(18(20)21)22-17(16)27(25,26)23(11-14-7-3-1-4-8-14)12-15-9-5-2-6-10-15/h1-10,13,18H,11-12H2. The molecule has 3 rings (SSSR count). The van der Waals surface area contributed by atoms with Gasteiger partial charge in [0, 0.05) is 13.1 Å². The molecule has 0 fully saturated rings. The Morgan fingerprint density at radius 1 is 0.926 bits per heavy atom. The number of sulfonamides is 1. The minimum atomic E-state index is -4.45. The number of benzene rings is 2. The van der Waals surface area contributed by atoms with E-state index in [0.717, 1.165) is 4.31 Å². The highest BCUT2D eigenvalue weighted by Crippen LogP contribution is 2.23. The number of aromatic nitrogens is 2. The molecule has 3 aromatic rings. The van der Waals surface area contributed by atoms with E-state index in [-0.39, 0.29) is 17.8 Å². The van der Waals surface area contributed by atoms with Crippen molar-refractivity contribution >= 4 is 10.0 Å². The van der Waals surface area contributed by atoms with Crippen LogP contribution < -0.4 is 0 Å². The lowest BCUT2D eigenvalue weighted by atomic mass is 10.2. The maximum Gasteiger partial charge on any atom is 0.333 e. The molecule has 0 N–H and O–H groups in total. The molecule has 0 radical (unpaired) electrons. The van der Waals surface area contributed by atoms with Crippen LogP contribution in [0.1, 0.15) is 17.7 Å². The molecule has 0 bridgehead atoms. The molecule has 0 saturated heterocycles. The van der Waals surface area contributed by atoms with Crippen LogP contribution in [-0.4, -0.2) is 22.5 Å². The SMILES string of the molecule is O=S(=O)(c1nn(C(F)F)cc1F)N(Cc1ccccc1)Cc1ccccc1. The van der Waals surface area contributed by atoms with E-state index in [2.05, 4.69) is 5.10 Å². The fraction of sp³-hybridized carbons (Fsp3) is 0.167. The highest BCUT2D eigenvalue weighted by atomic mass is 32.2. The van der Waals surface area contributed by atoms with E-state index < -0.39 is 27.4 Å². The topological polar surface area (TPSA) is 55.2 Å². The quantitative estimate of drug-likeness (QED) is 0.611. The van der Waals surface area contributed by atoms with Crippen molar-refractivity contribution < 1.29 is 21.6 Å². The highest BCUT2D eigenvalue weighted by Gasteiger charge is 2.32. The van der Waals surface area contributed by atoms with Gasteiger partial charge in [-0.05, 0) is 11.1 Å². The van der Waals surface area contributed by atoms with Crippen molar-refractivity contribution in [3.8, 4) is 0 Å². The Morgan fingerprint density at radius 2 is 1.41 bits per heavy atom. The van der Waals surface area contributed by atoms with Gasteiger partial charge in [-0.3, -0.25) is 0 Å². The van der Waals surface area contributed by atoms with Gasteiger partial charge in [0.15, 0.2) is 5.82 Å². The van der Waals surface area contributed by atoms with E-state index in [1.807, 2.05) is 0 Å². The summed E-state index contributed by atoms with van der Waals surface area (Å²) >= 11 is 0. The second-order valence-electron chi connectivity index (χ2n) is 5.78. The van der Waals surface area contributed by atoms with Gasteiger partial charge >= 0.3 is 6.55 Å². The first kappa shape index (κ1) is 19.1. The van der Waals surface area contributed by atoms with Crippen molar-refractivity contribution in [2.75, 3.05) is 0 Å². The van der Waals surface area contributed by atoms with Crippen LogP contribution in [-0.2, 0) is 23.1 Å². The molecule has 142 valence electrons. The smallest absolute Gasteiger partial charge is 0.207 e. The van der Waals surface area contributed by atoms with Crippen LogP contribution in [0.2, 0.25) is 0 Å². The number of nitrogens with zero attached hydrogens (tertiary/aromatic N) is 3. The molecule has 0 aliphatic rings. The molecule has 0 aliphatic carbocycles. The van der Waals surface area contributed by atoms with Crippen molar-refractivity contribution in [2.45, 2.75) is 24.7 Å². The zero-order valence-electron chi connectivity index (χ0n) is 14.0. The van der Waals surface area contributed by atoms with Crippen molar-refractivity contribution in [1.82, 2.24) is 14.1 Å². The highest BCUT2D eigenvalue weighted by molar-refractivity contribution is 7.89. The Kier molecular flexibility index (Phi) is 5.62. The maximum absolute atomic E-state index is 14.1. The predicted octanol–water partition coefficient (Wildman–Crippen LogP) is 3.81. The summed E-state index contributed by atoms with van der Waals surface area (Å²) in [5.41, 5.74) is 1.34. The average Bonchev–Trinajstić information content (AvgIpc) is 3.06. The summed E-state index contributed by atoms with van der Waals surface area (Å²) < 4.78 is 66.5. The molecule has 9 heteroatoms. The van der Waals surface area contributed by atoms with Crippen LogP contribution in [0.25, 0.3) is 0 Å². The monoisotopic (exact) mass is 395 g/mol. The first-order chi connectivity index (χ1) is 12.9. The van der Waals surface area contributed by atoms with E-state index in [0.29, 0.717) is 17.3 Å². The Morgan fingerprint density at radius 3 is 1.81 bits per heavy atom. The van der Waals surface area contributed by atoms with Crippen molar-refractivity contribution in [1.29, 1.82) is 0 Å². The van der Waals surface area contributed by atoms with Crippen molar-refractivity contribution in [3.05, 3.63) is 83.8 Å². The number of hydrogen-bond acceptors (Lipinski definition) is 3. The van der Waals surface area contributed by atoms with E-state index in [1.54, 1.807) is 60.7 Å². The molecule has 1 heterocycles. The Bertz CT molecular complexity index is 952. The zero-order valence-corrected chi connectivity index (χ0v) is 14.9. The van der Waals surface area contributed by atoms with Gasteiger partial charge in [-0.1, -0.05) is 60.7 Å². The minimum absolute atomic E-state index is 0.00850. The van der Waals surface area contributed by atoms with Gasteiger partial charge in [-0.15, -0.1) is 0 Å². The lowest BCUT2D eigenvalue weighted by Gasteiger charge is -2.21. The van der Waals surface area contributed by atoms with E-state index >= 15 is 0 Å². The molecule has 0 spiro atoms. The van der Waals surface area contributed by atoms with E-state index in [9.17, 15) is 21.6 Å². The van der Waals surface area contributed by atoms with Crippen LogP contribution in [0.4, 0.5) is 13.2 Å². The Balaban J connectivity index is 2.00. The normalized spacial score (nSPS) is 12.0. The number of rotatable bonds is 7. The second kappa shape index (κ2) is 7.93. The lowest BCUT2D eigenvalue weighted by molar-refractivity contribution is 0.0551. The largest absolute Gasteiger partial charge is 0.333 e. The third kappa shape index (κ3) is 4.37. The summed E-state index contributed by atoms with van der Waals surface area (Å²) in [6.07, 6.45) is 0.376. The summed E-state index contributed by atoms with van der Waals surface area (Å²) in [7, 11) is -4.45. The molecule has 0 saturated carbocycles. The summed E-state index contributed by atoms with van der Waals surface area (Å²) in [5, 5.41) is 2.23. The first-order valence-electron chi connectivity index (χ1n) is 7.99. The average molecular weight is 395 g/mol. The maximum atomic E-state index is 14.1. The predicted molar refractivity (Wildman–Crippen MR) is 92.8 cm³/mol. The van der Waals surface area contributed by atoms with Crippen molar-refractivity contribution in [2.24, 2.45) is 0 Å². The van der Waals surface area contributed by atoms with Crippen LogP contribution in [0.5, 0.6) is 0 Å². The van der Waals surface area contributed by atoms with Gasteiger partial charge in [-0.25, -0.2) is 17.5 Å². The summed E-state index contributed by atoms with van der Waals surface area (Å²) in [5.74, 6) is -1.32. The van der Waals surface area contributed by atoms with Gasteiger partial charge < -0.3 is 0 Å². The minimum Gasteiger partial charge on any atom is -0.207 e. The molecule has 0 amide bonds. The lowest BCUT2D eigenvalue weighted by Crippen LogP contribution is -2.31. The van der Waals surface area contributed by atoms with Gasteiger partial charge in [0.05, 0.1) is 6.20 Å². The first-order valence-corrected chi connectivity index (χ1v) is 9.43. The van der Waals surface area contributed by atoms with Crippen LogP contribution in [0, 0.1) is 5.82 Å². The van der Waals surface area contributed by atoms with Gasteiger partial charge in [0.25, 0.3) is 10.0 Å². The molecular weight excluding hydrogens is 379 g/mol. The molecule has 27 heavy (non-hydrogen) atoms. The molecule has 0 aliphatic heterocycles. The summed E-state index contributed by atoms with van der Waals surface area (Å²) in [4.78, 5) is 0. The number of alkyl halides is 2. The fourth-order valence-corrected chi connectivity index (χ4v) is 3.93. The van der Waals surface area contributed by atoms with Gasteiger partial charge in [-0.2, -0.15) is 18.2 Å². The third-order valence-electron chi connectivity index (χ3n) is 3.84. The van der Waals surface area contributed by atoms with Crippen LogP contribution >= 0.6 is 0 Å². The molecule has 5 nitrogen and oxygen atoms in total. The van der Waals surface area contributed by atoms with Crippen LogP contribution in [0.3, 0.4) is 0 Å².